The second kappa shape index (κ2) is 6.48. The van der Waals surface area contributed by atoms with Crippen LogP contribution in [0.1, 0.15) is 29.2 Å². The molecule has 0 aliphatic carbocycles. The van der Waals surface area contributed by atoms with Crippen molar-refractivity contribution >= 4 is 5.69 Å². The quantitative estimate of drug-likeness (QED) is 0.864. The third-order valence-electron chi connectivity index (χ3n) is 3.19. The molecular formula is C16H18F2N2. The van der Waals surface area contributed by atoms with Crippen LogP contribution in [0.15, 0.2) is 48.5 Å². The van der Waals surface area contributed by atoms with Gasteiger partial charge in [0.2, 0.25) is 0 Å². The number of nitrogens with one attached hydrogen (secondary N) is 1. The molecule has 106 valence electrons. The lowest BCUT2D eigenvalue weighted by Gasteiger charge is -2.19. The molecule has 0 spiro atoms. The van der Waals surface area contributed by atoms with Gasteiger partial charge in [0.1, 0.15) is 0 Å². The number of aryl methyl sites for hydroxylation is 1. The molecule has 2 aromatic rings. The van der Waals surface area contributed by atoms with Gasteiger partial charge in [-0.05, 0) is 30.2 Å². The van der Waals surface area contributed by atoms with Crippen molar-refractivity contribution in [3.63, 3.8) is 0 Å². The topological polar surface area (TPSA) is 38.0 Å². The average Bonchev–Trinajstić information content (AvgIpc) is 2.45. The molecule has 1 unspecified atom stereocenters. The summed E-state index contributed by atoms with van der Waals surface area (Å²) in [5, 5.41) is 3.32. The lowest BCUT2D eigenvalue weighted by molar-refractivity contribution is 0.151. The Bertz CT molecular complexity index is 553. The molecule has 0 aromatic heterocycles. The van der Waals surface area contributed by atoms with Crippen LogP contribution >= 0.6 is 0 Å². The number of alkyl halides is 2. The van der Waals surface area contributed by atoms with Gasteiger partial charge in [0.15, 0.2) is 0 Å². The van der Waals surface area contributed by atoms with Gasteiger partial charge in [0.05, 0.1) is 6.04 Å². The SMILES string of the molecule is Cc1cccc(NC(CN)c2ccc(C(F)F)cc2)c1. The van der Waals surface area contributed by atoms with Crippen molar-refractivity contribution in [2.24, 2.45) is 5.73 Å². The smallest absolute Gasteiger partial charge is 0.263 e. The van der Waals surface area contributed by atoms with E-state index in [1.165, 1.54) is 12.1 Å². The van der Waals surface area contributed by atoms with E-state index in [1.54, 1.807) is 12.1 Å². The Morgan fingerprint density at radius 2 is 1.70 bits per heavy atom. The van der Waals surface area contributed by atoms with Crippen molar-refractivity contribution in [3.05, 3.63) is 65.2 Å². The van der Waals surface area contributed by atoms with Crippen LogP contribution in [-0.4, -0.2) is 6.54 Å². The molecule has 0 saturated heterocycles. The maximum absolute atomic E-state index is 12.5. The Morgan fingerprint density at radius 1 is 1.05 bits per heavy atom. The van der Waals surface area contributed by atoms with Gasteiger partial charge < -0.3 is 11.1 Å². The molecule has 0 aliphatic heterocycles. The number of benzene rings is 2. The molecular weight excluding hydrogens is 258 g/mol. The number of anilines is 1. The van der Waals surface area contributed by atoms with Crippen LogP contribution in [-0.2, 0) is 0 Å². The zero-order valence-corrected chi connectivity index (χ0v) is 11.3. The van der Waals surface area contributed by atoms with Crippen LogP contribution in [0.4, 0.5) is 14.5 Å². The molecule has 0 heterocycles. The Labute approximate surface area is 117 Å². The van der Waals surface area contributed by atoms with Crippen LogP contribution in [0, 0.1) is 6.92 Å². The fraction of sp³-hybridized carbons (Fsp3) is 0.250. The molecule has 1 atom stereocenters. The summed E-state index contributed by atoms with van der Waals surface area (Å²) >= 11 is 0. The summed E-state index contributed by atoms with van der Waals surface area (Å²) < 4.78 is 25.1. The molecule has 0 bridgehead atoms. The predicted octanol–water partition coefficient (Wildman–Crippen LogP) is 4.04. The maximum Gasteiger partial charge on any atom is 0.263 e. The van der Waals surface area contributed by atoms with E-state index in [-0.39, 0.29) is 11.6 Å². The highest BCUT2D eigenvalue weighted by atomic mass is 19.3. The summed E-state index contributed by atoms with van der Waals surface area (Å²) in [6, 6.07) is 14.2. The molecule has 3 N–H and O–H groups in total. The Balaban J connectivity index is 2.15. The van der Waals surface area contributed by atoms with Crippen molar-refractivity contribution in [2.45, 2.75) is 19.4 Å². The van der Waals surface area contributed by atoms with E-state index in [9.17, 15) is 8.78 Å². The van der Waals surface area contributed by atoms with Gasteiger partial charge in [-0.25, -0.2) is 8.78 Å². The van der Waals surface area contributed by atoms with Gasteiger partial charge in [0.25, 0.3) is 6.43 Å². The van der Waals surface area contributed by atoms with E-state index >= 15 is 0 Å². The zero-order valence-electron chi connectivity index (χ0n) is 11.3. The maximum atomic E-state index is 12.5. The highest BCUT2D eigenvalue weighted by Gasteiger charge is 2.11. The largest absolute Gasteiger partial charge is 0.377 e. The first kappa shape index (κ1) is 14.5. The molecule has 4 heteroatoms. The molecule has 0 radical (unpaired) electrons. The standard InChI is InChI=1S/C16H18F2N2/c1-11-3-2-4-14(9-11)20-15(10-19)12-5-7-13(8-6-12)16(17)18/h2-9,15-16,20H,10,19H2,1H3. The van der Waals surface area contributed by atoms with Gasteiger partial charge in [-0.3, -0.25) is 0 Å². The summed E-state index contributed by atoms with van der Waals surface area (Å²) in [6.07, 6.45) is -2.44. The monoisotopic (exact) mass is 276 g/mol. The van der Waals surface area contributed by atoms with Gasteiger partial charge in [-0.15, -0.1) is 0 Å². The summed E-state index contributed by atoms with van der Waals surface area (Å²) in [5.41, 5.74) is 8.83. The summed E-state index contributed by atoms with van der Waals surface area (Å²) in [4.78, 5) is 0. The van der Waals surface area contributed by atoms with E-state index in [1.807, 2.05) is 31.2 Å². The minimum Gasteiger partial charge on any atom is -0.377 e. The molecule has 0 fully saturated rings. The lowest BCUT2D eigenvalue weighted by Crippen LogP contribution is -2.20. The summed E-state index contributed by atoms with van der Waals surface area (Å²) in [5.74, 6) is 0. The number of rotatable bonds is 5. The van der Waals surface area contributed by atoms with Crippen molar-refractivity contribution in [2.75, 3.05) is 11.9 Å². The normalized spacial score (nSPS) is 12.4. The van der Waals surface area contributed by atoms with Crippen LogP contribution in [0.3, 0.4) is 0 Å². The van der Waals surface area contributed by atoms with E-state index in [2.05, 4.69) is 5.32 Å². The molecule has 0 aliphatic rings. The first-order valence-corrected chi connectivity index (χ1v) is 6.51. The average molecular weight is 276 g/mol. The van der Waals surface area contributed by atoms with Crippen molar-refractivity contribution in [3.8, 4) is 0 Å². The summed E-state index contributed by atoms with van der Waals surface area (Å²) in [7, 11) is 0. The van der Waals surface area contributed by atoms with Gasteiger partial charge in [0, 0.05) is 17.8 Å². The number of hydrogen-bond acceptors (Lipinski definition) is 2. The van der Waals surface area contributed by atoms with E-state index in [4.69, 9.17) is 5.73 Å². The molecule has 2 rings (SSSR count). The number of halogens is 2. The Morgan fingerprint density at radius 3 is 2.25 bits per heavy atom. The van der Waals surface area contributed by atoms with E-state index in [0.29, 0.717) is 6.54 Å². The molecule has 2 nitrogen and oxygen atoms in total. The third kappa shape index (κ3) is 3.54. The Hall–Kier alpha value is -1.94. The highest BCUT2D eigenvalue weighted by molar-refractivity contribution is 5.47. The zero-order chi connectivity index (χ0) is 14.5. The van der Waals surface area contributed by atoms with Gasteiger partial charge in [-0.1, -0.05) is 36.4 Å². The number of hydrogen-bond donors (Lipinski definition) is 2. The van der Waals surface area contributed by atoms with Crippen LogP contribution in [0.2, 0.25) is 0 Å². The fourth-order valence-electron chi connectivity index (χ4n) is 2.09. The predicted molar refractivity (Wildman–Crippen MR) is 78.0 cm³/mol. The first-order valence-electron chi connectivity index (χ1n) is 6.51. The van der Waals surface area contributed by atoms with Crippen LogP contribution in [0.5, 0.6) is 0 Å². The van der Waals surface area contributed by atoms with Crippen molar-refractivity contribution < 1.29 is 8.78 Å². The van der Waals surface area contributed by atoms with E-state index in [0.717, 1.165) is 16.8 Å². The third-order valence-corrected chi connectivity index (χ3v) is 3.19. The van der Waals surface area contributed by atoms with Gasteiger partial charge >= 0.3 is 0 Å². The minimum absolute atomic E-state index is 0.0278. The second-order valence-electron chi connectivity index (χ2n) is 4.77. The van der Waals surface area contributed by atoms with Gasteiger partial charge in [-0.2, -0.15) is 0 Å². The molecule has 20 heavy (non-hydrogen) atoms. The Kier molecular flexibility index (Phi) is 4.69. The number of nitrogens with two attached hydrogens (primary N) is 1. The molecule has 0 amide bonds. The van der Waals surface area contributed by atoms with Crippen molar-refractivity contribution in [1.82, 2.24) is 0 Å². The van der Waals surface area contributed by atoms with E-state index < -0.39 is 6.43 Å². The lowest BCUT2D eigenvalue weighted by atomic mass is 10.0. The molecule has 0 saturated carbocycles. The minimum atomic E-state index is -2.44. The highest BCUT2D eigenvalue weighted by Crippen LogP contribution is 2.23. The second-order valence-corrected chi connectivity index (χ2v) is 4.77. The fourth-order valence-corrected chi connectivity index (χ4v) is 2.09. The summed E-state index contributed by atoms with van der Waals surface area (Å²) in [6.45, 7) is 2.40. The molecule has 2 aromatic carbocycles. The van der Waals surface area contributed by atoms with Crippen LogP contribution < -0.4 is 11.1 Å². The van der Waals surface area contributed by atoms with Crippen LogP contribution in [0.25, 0.3) is 0 Å². The first-order chi connectivity index (χ1) is 9.60. The van der Waals surface area contributed by atoms with Crippen molar-refractivity contribution in [1.29, 1.82) is 0 Å².